The molecular formula is C15H22O4. The van der Waals surface area contributed by atoms with Crippen molar-refractivity contribution in [2.24, 2.45) is 5.41 Å². The number of rotatable bonds is 4. The zero-order valence-electron chi connectivity index (χ0n) is 12.4. The van der Waals surface area contributed by atoms with Crippen LogP contribution in [-0.4, -0.2) is 25.1 Å². The predicted octanol–water partition coefficient (Wildman–Crippen LogP) is 2.66. The van der Waals surface area contributed by atoms with Crippen molar-refractivity contribution >= 4 is 5.78 Å². The van der Waals surface area contributed by atoms with Crippen molar-refractivity contribution in [3.05, 3.63) is 23.3 Å². The molecule has 0 aliphatic heterocycles. The molecule has 1 aromatic rings. The highest BCUT2D eigenvalue weighted by molar-refractivity contribution is 5.89. The number of ketones is 1. The Labute approximate surface area is 114 Å². The molecule has 4 heteroatoms. The van der Waals surface area contributed by atoms with Gasteiger partial charge in [-0.2, -0.15) is 0 Å². The summed E-state index contributed by atoms with van der Waals surface area (Å²) in [7, 11) is 3.08. The van der Waals surface area contributed by atoms with E-state index in [1.165, 1.54) is 7.11 Å². The number of carbonyl (C=O) groups excluding carboxylic acids is 1. The molecule has 0 aromatic heterocycles. The smallest absolute Gasteiger partial charge is 0.171 e. The van der Waals surface area contributed by atoms with E-state index in [0.717, 1.165) is 5.56 Å². The standard InChI is InChI=1S/C15H22O4/c1-9-11(18-5)8-7-10(13(9)19-6)12(16)14(17)15(2,3)4/h7-8,12,16H,1-6H3. The normalized spacial score (nSPS) is 13.0. The Morgan fingerprint density at radius 1 is 1.21 bits per heavy atom. The minimum atomic E-state index is -1.19. The Kier molecular flexibility index (Phi) is 4.58. The molecular weight excluding hydrogens is 244 g/mol. The molecule has 0 bridgehead atoms. The summed E-state index contributed by atoms with van der Waals surface area (Å²) in [4.78, 5) is 12.2. The second-order valence-corrected chi connectivity index (χ2v) is 5.53. The van der Waals surface area contributed by atoms with Crippen LogP contribution in [0.4, 0.5) is 0 Å². The van der Waals surface area contributed by atoms with Gasteiger partial charge in [0.15, 0.2) is 5.78 Å². The van der Waals surface area contributed by atoms with Gasteiger partial charge < -0.3 is 14.6 Å². The van der Waals surface area contributed by atoms with Gasteiger partial charge in [0, 0.05) is 16.5 Å². The van der Waals surface area contributed by atoms with Gasteiger partial charge in [0.05, 0.1) is 14.2 Å². The van der Waals surface area contributed by atoms with Crippen molar-refractivity contribution in [3.8, 4) is 11.5 Å². The van der Waals surface area contributed by atoms with Gasteiger partial charge in [-0.3, -0.25) is 4.79 Å². The number of aliphatic hydroxyl groups is 1. The van der Waals surface area contributed by atoms with Crippen molar-refractivity contribution in [1.82, 2.24) is 0 Å². The number of carbonyl (C=O) groups is 1. The summed E-state index contributed by atoms with van der Waals surface area (Å²) in [6.07, 6.45) is -1.19. The number of hydrogen-bond acceptors (Lipinski definition) is 4. The van der Waals surface area contributed by atoms with Crippen LogP contribution in [0.15, 0.2) is 12.1 Å². The highest BCUT2D eigenvalue weighted by Gasteiger charge is 2.31. The number of hydrogen-bond donors (Lipinski definition) is 1. The second kappa shape index (κ2) is 5.61. The first kappa shape index (κ1) is 15.5. The highest BCUT2D eigenvalue weighted by Crippen LogP contribution is 2.37. The summed E-state index contributed by atoms with van der Waals surface area (Å²) < 4.78 is 10.5. The maximum atomic E-state index is 12.2. The molecule has 0 heterocycles. The van der Waals surface area contributed by atoms with Crippen LogP contribution in [0.1, 0.15) is 38.0 Å². The van der Waals surface area contributed by atoms with Crippen LogP contribution in [-0.2, 0) is 4.79 Å². The Morgan fingerprint density at radius 2 is 1.79 bits per heavy atom. The van der Waals surface area contributed by atoms with E-state index in [0.29, 0.717) is 17.1 Å². The Balaban J connectivity index is 3.28. The predicted molar refractivity (Wildman–Crippen MR) is 73.7 cm³/mol. The molecule has 0 spiro atoms. The van der Waals surface area contributed by atoms with Crippen molar-refractivity contribution in [2.45, 2.75) is 33.8 Å². The largest absolute Gasteiger partial charge is 0.496 e. The lowest BCUT2D eigenvalue weighted by Crippen LogP contribution is -2.27. The maximum absolute atomic E-state index is 12.2. The Hall–Kier alpha value is -1.55. The van der Waals surface area contributed by atoms with E-state index in [4.69, 9.17) is 9.47 Å². The summed E-state index contributed by atoms with van der Waals surface area (Å²) in [5, 5.41) is 10.3. The van der Waals surface area contributed by atoms with E-state index in [1.807, 2.05) is 6.92 Å². The number of aliphatic hydroxyl groups excluding tert-OH is 1. The molecule has 0 saturated carbocycles. The maximum Gasteiger partial charge on any atom is 0.171 e. The quantitative estimate of drug-likeness (QED) is 0.910. The van der Waals surface area contributed by atoms with Crippen LogP contribution in [0.5, 0.6) is 11.5 Å². The fourth-order valence-corrected chi connectivity index (χ4v) is 1.95. The molecule has 19 heavy (non-hydrogen) atoms. The molecule has 0 saturated heterocycles. The topological polar surface area (TPSA) is 55.8 Å². The summed E-state index contributed by atoms with van der Waals surface area (Å²) in [6, 6.07) is 3.39. The van der Waals surface area contributed by atoms with Gasteiger partial charge >= 0.3 is 0 Å². The number of methoxy groups -OCH3 is 2. The molecule has 1 aromatic carbocycles. The fraction of sp³-hybridized carbons (Fsp3) is 0.533. The molecule has 1 N–H and O–H groups in total. The zero-order chi connectivity index (χ0) is 14.8. The molecule has 106 valence electrons. The van der Waals surface area contributed by atoms with Crippen LogP contribution in [0, 0.1) is 12.3 Å². The van der Waals surface area contributed by atoms with Crippen LogP contribution in [0.2, 0.25) is 0 Å². The van der Waals surface area contributed by atoms with Gasteiger partial charge in [0.25, 0.3) is 0 Å². The van der Waals surface area contributed by atoms with Gasteiger partial charge in [-0.25, -0.2) is 0 Å². The molecule has 0 amide bonds. The molecule has 0 aliphatic carbocycles. The van der Waals surface area contributed by atoms with Gasteiger partial charge in [0.2, 0.25) is 0 Å². The lowest BCUT2D eigenvalue weighted by molar-refractivity contribution is -0.135. The van der Waals surface area contributed by atoms with Gasteiger partial charge in [-0.05, 0) is 19.1 Å². The van der Waals surface area contributed by atoms with Gasteiger partial charge in [-0.1, -0.05) is 20.8 Å². The summed E-state index contributed by atoms with van der Waals surface area (Å²) in [5.41, 5.74) is 0.627. The number of Topliss-reactive ketones (excluding diaryl/α,β-unsaturated/α-hetero) is 1. The third kappa shape index (κ3) is 3.07. The lowest BCUT2D eigenvalue weighted by atomic mass is 9.84. The minimum Gasteiger partial charge on any atom is -0.496 e. The van der Waals surface area contributed by atoms with Crippen LogP contribution in [0.25, 0.3) is 0 Å². The third-order valence-electron chi connectivity index (χ3n) is 3.09. The van der Waals surface area contributed by atoms with E-state index >= 15 is 0 Å². The van der Waals surface area contributed by atoms with E-state index < -0.39 is 11.5 Å². The van der Waals surface area contributed by atoms with Crippen LogP contribution < -0.4 is 9.47 Å². The van der Waals surface area contributed by atoms with Crippen molar-refractivity contribution < 1.29 is 19.4 Å². The summed E-state index contributed by atoms with van der Waals surface area (Å²) >= 11 is 0. The first-order valence-corrected chi connectivity index (χ1v) is 6.18. The van der Waals surface area contributed by atoms with Crippen molar-refractivity contribution in [2.75, 3.05) is 14.2 Å². The van der Waals surface area contributed by atoms with E-state index in [1.54, 1.807) is 40.0 Å². The third-order valence-corrected chi connectivity index (χ3v) is 3.09. The molecule has 0 fully saturated rings. The lowest BCUT2D eigenvalue weighted by Gasteiger charge is -2.23. The summed E-state index contributed by atoms with van der Waals surface area (Å²) in [5.74, 6) is 0.913. The fourth-order valence-electron chi connectivity index (χ4n) is 1.95. The highest BCUT2D eigenvalue weighted by atomic mass is 16.5. The SMILES string of the molecule is COc1ccc(C(O)C(=O)C(C)(C)C)c(OC)c1C. The second-order valence-electron chi connectivity index (χ2n) is 5.53. The first-order chi connectivity index (χ1) is 8.73. The Morgan fingerprint density at radius 3 is 2.21 bits per heavy atom. The number of benzene rings is 1. The zero-order valence-corrected chi connectivity index (χ0v) is 12.4. The Bertz CT molecular complexity index is 472. The van der Waals surface area contributed by atoms with Gasteiger partial charge in [-0.15, -0.1) is 0 Å². The van der Waals surface area contributed by atoms with Crippen molar-refractivity contribution in [1.29, 1.82) is 0 Å². The molecule has 0 radical (unpaired) electrons. The average molecular weight is 266 g/mol. The van der Waals surface area contributed by atoms with Crippen molar-refractivity contribution in [3.63, 3.8) is 0 Å². The first-order valence-electron chi connectivity index (χ1n) is 6.18. The molecule has 1 unspecified atom stereocenters. The van der Waals surface area contributed by atoms with E-state index in [9.17, 15) is 9.90 Å². The molecule has 0 aliphatic rings. The van der Waals surface area contributed by atoms with Crippen LogP contribution in [0.3, 0.4) is 0 Å². The molecule has 1 rings (SSSR count). The number of ether oxygens (including phenoxy) is 2. The minimum absolute atomic E-state index is 0.240. The van der Waals surface area contributed by atoms with Gasteiger partial charge in [0.1, 0.15) is 17.6 Å². The van der Waals surface area contributed by atoms with E-state index in [2.05, 4.69) is 0 Å². The molecule has 4 nitrogen and oxygen atoms in total. The molecule has 1 atom stereocenters. The monoisotopic (exact) mass is 266 g/mol. The van der Waals surface area contributed by atoms with E-state index in [-0.39, 0.29) is 5.78 Å². The van der Waals surface area contributed by atoms with Crippen LogP contribution >= 0.6 is 0 Å². The average Bonchev–Trinajstić information content (AvgIpc) is 2.35. The summed E-state index contributed by atoms with van der Waals surface area (Å²) in [6.45, 7) is 7.17.